The molecule has 0 radical (unpaired) electrons. The van der Waals surface area contributed by atoms with Crippen LogP contribution in [0.2, 0.25) is 0 Å². The maximum absolute atomic E-state index is 12.6. The number of carbonyl (C=O) groups is 3. The predicted octanol–water partition coefficient (Wildman–Crippen LogP) is 4.40. The molecular weight excluding hydrogens is 427 g/mol. The van der Waals surface area contributed by atoms with E-state index in [9.17, 15) is 27.6 Å². The molecule has 8 nitrogen and oxygen atoms in total. The fourth-order valence-electron chi connectivity index (χ4n) is 2.95. The van der Waals surface area contributed by atoms with E-state index in [0.717, 1.165) is 24.3 Å². The van der Waals surface area contributed by atoms with Gasteiger partial charge in [-0.3, -0.25) is 9.59 Å². The third kappa shape index (κ3) is 5.25. The third-order valence-electron chi connectivity index (χ3n) is 4.35. The van der Waals surface area contributed by atoms with Crippen LogP contribution in [0.25, 0.3) is 11.1 Å². The minimum absolute atomic E-state index is 0.112. The Balaban J connectivity index is 1.70. The molecule has 0 bridgehead atoms. The number of hydrogen-bond donors (Lipinski definition) is 5. The quantitative estimate of drug-likeness (QED) is 0.399. The van der Waals surface area contributed by atoms with Crippen LogP contribution < -0.4 is 21.7 Å². The van der Waals surface area contributed by atoms with Crippen LogP contribution in [0.3, 0.4) is 0 Å². The fourth-order valence-corrected chi connectivity index (χ4v) is 2.95. The first-order chi connectivity index (χ1) is 15.0. The number of anilines is 3. The van der Waals surface area contributed by atoms with E-state index in [-0.39, 0.29) is 23.0 Å². The minimum Gasteiger partial charge on any atom is -0.365 e. The molecule has 0 unspecified atom stereocenters. The van der Waals surface area contributed by atoms with Gasteiger partial charge in [0.1, 0.15) is 5.82 Å². The number of halogens is 3. The normalized spacial score (nSPS) is 11.0. The number of nitrogens with two attached hydrogens (primary N) is 1. The van der Waals surface area contributed by atoms with E-state index in [1.165, 1.54) is 13.1 Å². The van der Waals surface area contributed by atoms with Gasteiger partial charge in [0, 0.05) is 30.1 Å². The molecule has 166 valence electrons. The van der Waals surface area contributed by atoms with Gasteiger partial charge in [-0.15, -0.1) is 0 Å². The first kappa shape index (κ1) is 22.4. The van der Waals surface area contributed by atoms with E-state index in [0.29, 0.717) is 16.8 Å². The molecule has 0 saturated carbocycles. The summed E-state index contributed by atoms with van der Waals surface area (Å²) in [5.74, 6) is -0.930. The van der Waals surface area contributed by atoms with Crippen LogP contribution in [0.15, 0.2) is 54.7 Å². The van der Waals surface area contributed by atoms with E-state index in [4.69, 9.17) is 5.73 Å². The summed E-state index contributed by atoms with van der Waals surface area (Å²) in [6.45, 7) is 1.29. The number of urea groups is 1. The molecule has 0 saturated heterocycles. The van der Waals surface area contributed by atoms with Crippen LogP contribution in [0.5, 0.6) is 0 Å². The van der Waals surface area contributed by atoms with Crippen LogP contribution in [0, 0.1) is 0 Å². The molecule has 3 aromatic rings. The molecule has 0 aliphatic heterocycles. The standard InChI is InChI=1S/C21H18F3N5O3/c1-11(30)27-19-17(18(25)31)16(10-26-19)12-2-6-14(7-3-12)28-20(32)29-15-8-4-13(5-9-15)21(22,23)24/h2-10,26H,1H3,(H2,25,31)(H,27,30)(H2,28,29,32). The van der Waals surface area contributed by atoms with Crippen molar-refractivity contribution in [2.45, 2.75) is 13.1 Å². The summed E-state index contributed by atoms with van der Waals surface area (Å²) >= 11 is 0. The first-order valence-electron chi connectivity index (χ1n) is 9.19. The lowest BCUT2D eigenvalue weighted by Crippen LogP contribution is -2.19. The Hall–Kier alpha value is -4.28. The van der Waals surface area contributed by atoms with Crippen molar-refractivity contribution in [3.8, 4) is 11.1 Å². The smallest absolute Gasteiger partial charge is 0.365 e. The number of aromatic amines is 1. The Bertz CT molecular complexity index is 1150. The van der Waals surface area contributed by atoms with Crippen LogP contribution in [-0.4, -0.2) is 22.8 Å². The van der Waals surface area contributed by atoms with E-state index < -0.39 is 23.7 Å². The largest absolute Gasteiger partial charge is 0.416 e. The Kier molecular flexibility index (Phi) is 6.19. The van der Waals surface area contributed by atoms with Crippen molar-refractivity contribution >= 4 is 35.0 Å². The lowest BCUT2D eigenvalue weighted by molar-refractivity contribution is -0.137. The van der Waals surface area contributed by atoms with E-state index in [1.54, 1.807) is 24.3 Å². The maximum Gasteiger partial charge on any atom is 0.416 e. The maximum atomic E-state index is 12.6. The molecule has 1 heterocycles. The summed E-state index contributed by atoms with van der Waals surface area (Å²) in [5, 5.41) is 7.49. The second-order valence-electron chi connectivity index (χ2n) is 6.73. The highest BCUT2D eigenvalue weighted by Crippen LogP contribution is 2.31. The number of rotatable bonds is 5. The molecule has 1 aromatic heterocycles. The van der Waals surface area contributed by atoms with E-state index in [2.05, 4.69) is 20.9 Å². The van der Waals surface area contributed by atoms with Gasteiger partial charge in [0.25, 0.3) is 5.91 Å². The second kappa shape index (κ2) is 8.84. The summed E-state index contributed by atoms with van der Waals surface area (Å²) in [6, 6.07) is 9.77. The minimum atomic E-state index is -4.46. The lowest BCUT2D eigenvalue weighted by atomic mass is 10.0. The summed E-state index contributed by atoms with van der Waals surface area (Å²) < 4.78 is 37.8. The van der Waals surface area contributed by atoms with Crippen molar-refractivity contribution in [1.29, 1.82) is 0 Å². The Morgan fingerprint density at radius 3 is 1.88 bits per heavy atom. The number of primary amides is 1. The zero-order chi connectivity index (χ0) is 23.5. The summed E-state index contributed by atoms with van der Waals surface area (Å²) in [7, 11) is 0. The van der Waals surface area contributed by atoms with Crippen molar-refractivity contribution < 1.29 is 27.6 Å². The molecular formula is C21H18F3N5O3. The molecule has 3 rings (SSSR count). The van der Waals surface area contributed by atoms with Crippen LogP contribution >= 0.6 is 0 Å². The molecule has 11 heteroatoms. The number of aromatic nitrogens is 1. The molecule has 0 aliphatic rings. The van der Waals surface area contributed by atoms with Crippen molar-refractivity contribution in [3.05, 3.63) is 65.9 Å². The van der Waals surface area contributed by atoms with Gasteiger partial charge in [0.15, 0.2) is 0 Å². The average molecular weight is 445 g/mol. The molecule has 0 aliphatic carbocycles. The molecule has 2 aromatic carbocycles. The molecule has 0 atom stereocenters. The van der Waals surface area contributed by atoms with Gasteiger partial charge in [-0.1, -0.05) is 12.1 Å². The zero-order valence-corrected chi connectivity index (χ0v) is 16.6. The lowest BCUT2D eigenvalue weighted by Gasteiger charge is -2.10. The average Bonchev–Trinajstić information content (AvgIpc) is 3.11. The third-order valence-corrected chi connectivity index (χ3v) is 4.35. The van der Waals surface area contributed by atoms with Crippen LogP contribution in [-0.2, 0) is 11.0 Å². The van der Waals surface area contributed by atoms with Gasteiger partial charge >= 0.3 is 12.2 Å². The Morgan fingerprint density at radius 2 is 1.41 bits per heavy atom. The van der Waals surface area contributed by atoms with Gasteiger partial charge in [-0.05, 0) is 42.0 Å². The highest BCUT2D eigenvalue weighted by atomic mass is 19.4. The van der Waals surface area contributed by atoms with Gasteiger partial charge in [-0.25, -0.2) is 4.79 Å². The summed E-state index contributed by atoms with van der Waals surface area (Å²) in [5.41, 5.74) is 6.38. The van der Waals surface area contributed by atoms with Crippen molar-refractivity contribution in [2.75, 3.05) is 16.0 Å². The number of carbonyl (C=O) groups excluding carboxylic acids is 3. The van der Waals surface area contributed by atoms with Gasteiger partial charge in [-0.2, -0.15) is 13.2 Å². The highest BCUT2D eigenvalue weighted by Gasteiger charge is 2.30. The molecule has 0 fully saturated rings. The monoisotopic (exact) mass is 445 g/mol. The van der Waals surface area contributed by atoms with Gasteiger partial charge in [0.05, 0.1) is 11.1 Å². The molecule has 4 amide bonds. The number of amides is 4. The summed E-state index contributed by atoms with van der Waals surface area (Å²) in [4.78, 5) is 38.0. The second-order valence-corrected chi connectivity index (χ2v) is 6.73. The molecule has 32 heavy (non-hydrogen) atoms. The topological polar surface area (TPSA) is 129 Å². The number of hydrogen-bond acceptors (Lipinski definition) is 3. The number of alkyl halides is 3. The van der Waals surface area contributed by atoms with E-state index in [1.807, 2.05) is 0 Å². The zero-order valence-electron chi connectivity index (χ0n) is 16.6. The number of nitrogens with one attached hydrogen (secondary N) is 4. The van der Waals surface area contributed by atoms with Crippen LogP contribution in [0.4, 0.5) is 35.2 Å². The number of benzene rings is 2. The molecule has 6 N–H and O–H groups in total. The highest BCUT2D eigenvalue weighted by molar-refractivity contribution is 6.07. The SMILES string of the molecule is CC(=O)Nc1[nH]cc(-c2ccc(NC(=O)Nc3ccc(C(F)(F)F)cc3)cc2)c1C(N)=O. The molecule has 0 spiro atoms. The van der Waals surface area contributed by atoms with Gasteiger partial charge in [0.2, 0.25) is 5.91 Å². The summed E-state index contributed by atoms with van der Waals surface area (Å²) in [6.07, 6.45) is -2.94. The Labute approximate surface area is 180 Å². The fraction of sp³-hybridized carbons (Fsp3) is 0.0952. The van der Waals surface area contributed by atoms with Crippen molar-refractivity contribution in [3.63, 3.8) is 0 Å². The van der Waals surface area contributed by atoms with E-state index >= 15 is 0 Å². The van der Waals surface area contributed by atoms with Gasteiger partial charge < -0.3 is 26.7 Å². The van der Waals surface area contributed by atoms with Crippen molar-refractivity contribution in [2.24, 2.45) is 5.73 Å². The van der Waals surface area contributed by atoms with Crippen molar-refractivity contribution in [1.82, 2.24) is 4.98 Å². The van der Waals surface area contributed by atoms with Crippen LogP contribution in [0.1, 0.15) is 22.8 Å². The predicted molar refractivity (Wildman–Crippen MR) is 113 cm³/mol. The first-order valence-corrected chi connectivity index (χ1v) is 9.19. The number of H-pyrrole nitrogens is 1. The Morgan fingerprint density at radius 1 is 0.875 bits per heavy atom.